The number of aryl methyl sites for hydroxylation is 2. The van der Waals surface area contributed by atoms with Crippen molar-refractivity contribution >= 4 is 10.9 Å². The Kier molecular flexibility index (Phi) is 6.05. The summed E-state index contributed by atoms with van der Waals surface area (Å²) in [4.78, 5) is 20.1. The normalized spacial score (nSPS) is 12.1. The van der Waals surface area contributed by atoms with Crippen LogP contribution in [-0.4, -0.2) is 53.7 Å². The van der Waals surface area contributed by atoms with Crippen LogP contribution in [-0.2, 0) is 0 Å². The molecule has 8 heteroatoms. The van der Waals surface area contributed by atoms with Gasteiger partial charge in [-0.25, -0.2) is 4.98 Å². The average Bonchev–Trinajstić information content (AvgIpc) is 2.71. The van der Waals surface area contributed by atoms with Crippen molar-refractivity contribution < 1.29 is 24.4 Å². The maximum Gasteiger partial charge on any atom is 0.262 e. The standard InChI is InChI=1S/C21H24N2O6/c1-11-5-13(6-12(2)19(11)29-10-14(25)9-24)20-22-16-7-15(27-3)8-17(28-4)18(16)21(26)23-20/h5-8,14,24-25H,9-10H2,1-4H3,(H,22,23,26). The maximum absolute atomic E-state index is 12.7. The predicted molar refractivity (Wildman–Crippen MR) is 109 cm³/mol. The minimum atomic E-state index is -0.947. The minimum absolute atomic E-state index is 0.0117. The third kappa shape index (κ3) is 4.18. The summed E-state index contributed by atoms with van der Waals surface area (Å²) in [5, 5.41) is 18.8. The monoisotopic (exact) mass is 400 g/mol. The van der Waals surface area contributed by atoms with Crippen LogP contribution in [0.2, 0.25) is 0 Å². The van der Waals surface area contributed by atoms with Crippen molar-refractivity contribution in [1.29, 1.82) is 0 Å². The first-order valence-corrected chi connectivity index (χ1v) is 9.07. The number of nitrogens with one attached hydrogen (secondary N) is 1. The summed E-state index contributed by atoms with van der Waals surface area (Å²) in [6.07, 6.45) is -0.947. The molecule has 0 aliphatic heterocycles. The lowest BCUT2D eigenvalue weighted by molar-refractivity contribution is 0.0532. The van der Waals surface area contributed by atoms with Gasteiger partial charge >= 0.3 is 0 Å². The van der Waals surface area contributed by atoms with Crippen molar-refractivity contribution in [3.05, 3.63) is 45.7 Å². The van der Waals surface area contributed by atoms with E-state index < -0.39 is 6.10 Å². The first-order chi connectivity index (χ1) is 13.9. The molecule has 8 nitrogen and oxygen atoms in total. The molecule has 154 valence electrons. The highest BCUT2D eigenvalue weighted by atomic mass is 16.5. The first-order valence-electron chi connectivity index (χ1n) is 9.07. The summed E-state index contributed by atoms with van der Waals surface area (Å²) in [7, 11) is 3.02. The molecule has 0 aliphatic rings. The van der Waals surface area contributed by atoms with Crippen LogP contribution < -0.4 is 19.8 Å². The molecule has 0 aliphatic carbocycles. The molecule has 3 rings (SSSR count). The van der Waals surface area contributed by atoms with Gasteiger partial charge in [0.25, 0.3) is 5.56 Å². The van der Waals surface area contributed by atoms with E-state index in [-0.39, 0.29) is 18.8 Å². The molecular formula is C21H24N2O6. The number of H-pyrrole nitrogens is 1. The van der Waals surface area contributed by atoms with Crippen LogP contribution in [0.4, 0.5) is 0 Å². The van der Waals surface area contributed by atoms with E-state index in [0.29, 0.717) is 34.0 Å². The van der Waals surface area contributed by atoms with Crippen molar-refractivity contribution in [3.63, 3.8) is 0 Å². The Labute approximate surface area is 167 Å². The van der Waals surface area contributed by atoms with Gasteiger partial charge in [-0.15, -0.1) is 0 Å². The Bertz CT molecular complexity index is 1070. The molecule has 1 atom stereocenters. The smallest absolute Gasteiger partial charge is 0.262 e. The highest BCUT2D eigenvalue weighted by molar-refractivity contribution is 5.87. The van der Waals surface area contributed by atoms with Crippen LogP contribution in [0.25, 0.3) is 22.3 Å². The zero-order valence-electron chi connectivity index (χ0n) is 16.8. The number of ether oxygens (including phenoxy) is 3. The number of hydrogen-bond acceptors (Lipinski definition) is 7. The molecule has 29 heavy (non-hydrogen) atoms. The predicted octanol–water partition coefficient (Wildman–Crippen LogP) is 1.96. The second-order valence-electron chi connectivity index (χ2n) is 6.72. The molecule has 0 saturated heterocycles. The lowest BCUT2D eigenvalue weighted by Crippen LogP contribution is -2.21. The molecule has 0 amide bonds. The second kappa shape index (κ2) is 8.50. The lowest BCUT2D eigenvalue weighted by atomic mass is 10.0. The van der Waals surface area contributed by atoms with Gasteiger partial charge in [0.1, 0.15) is 41.2 Å². The van der Waals surface area contributed by atoms with Crippen LogP contribution >= 0.6 is 0 Å². The van der Waals surface area contributed by atoms with Crippen LogP contribution in [0.3, 0.4) is 0 Å². The fourth-order valence-corrected chi connectivity index (χ4v) is 3.17. The Morgan fingerprint density at radius 2 is 1.79 bits per heavy atom. The first kappa shape index (κ1) is 20.6. The van der Waals surface area contributed by atoms with E-state index in [1.165, 1.54) is 14.2 Å². The summed E-state index contributed by atoms with van der Waals surface area (Å²) in [6.45, 7) is 3.35. The van der Waals surface area contributed by atoms with E-state index in [9.17, 15) is 9.90 Å². The van der Waals surface area contributed by atoms with Crippen molar-refractivity contribution in [3.8, 4) is 28.6 Å². The summed E-state index contributed by atoms with van der Waals surface area (Å²) < 4.78 is 16.2. The third-order valence-corrected chi connectivity index (χ3v) is 4.57. The van der Waals surface area contributed by atoms with E-state index in [2.05, 4.69) is 9.97 Å². The number of methoxy groups -OCH3 is 2. The number of rotatable bonds is 7. The number of nitrogens with zero attached hydrogens (tertiary/aromatic N) is 1. The average molecular weight is 400 g/mol. The van der Waals surface area contributed by atoms with E-state index in [4.69, 9.17) is 19.3 Å². The number of aliphatic hydroxyl groups is 2. The Balaban J connectivity index is 2.07. The lowest BCUT2D eigenvalue weighted by Gasteiger charge is -2.16. The van der Waals surface area contributed by atoms with Gasteiger partial charge in [0.05, 0.1) is 26.3 Å². The maximum atomic E-state index is 12.7. The molecule has 1 heterocycles. The second-order valence-corrected chi connectivity index (χ2v) is 6.72. The Hall–Kier alpha value is -3.10. The molecule has 0 radical (unpaired) electrons. The number of aromatic nitrogens is 2. The summed E-state index contributed by atoms with van der Waals surface area (Å²) in [5.41, 5.74) is 2.50. The highest BCUT2D eigenvalue weighted by Crippen LogP contribution is 2.31. The molecule has 2 aromatic carbocycles. The van der Waals surface area contributed by atoms with E-state index in [0.717, 1.165) is 16.7 Å². The minimum Gasteiger partial charge on any atom is -0.497 e. The molecule has 0 saturated carbocycles. The van der Waals surface area contributed by atoms with Gasteiger partial charge in [0.2, 0.25) is 0 Å². The molecule has 0 bridgehead atoms. The van der Waals surface area contributed by atoms with Gasteiger partial charge in [-0.05, 0) is 37.1 Å². The molecule has 0 fully saturated rings. The number of benzene rings is 2. The summed E-state index contributed by atoms with van der Waals surface area (Å²) in [6, 6.07) is 7.01. The fraction of sp³-hybridized carbons (Fsp3) is 0.333. The number of aromatic amines is 1. The van der Waals surface area contributed by atoms with E-state index in [1.54, 1.807) is 12.1 Å². The number of aliphatic hydroxyl groups excluding tert-OH is 2. The fourth-order valence-electron chi connectivity index (χ4n) is 3.17. The van der Waals surface area contributed by atoms with Gasteiger partial charge in [-0.1, -0.05) is 0 Å². The highest BCUT2D eigenvalue weighted by Gasteiger charge is 2.15. The zero-order valence-corrected chi connectivity index (χ0v) is 16.8. The quantitative estimate of drug-likeness (QED) is 0.555. The van der Waals surface area contributed by atoms with Crippen molar-refractivity contribution in [2.75, 3.05) is 27.4 Å². The number of hydrogen-bond donors (Lipinski definition) is 3. The van der Waals surface area contributed by atoms with Gasteiger partial charge < -0.3 is 29.4 Å². The molecular weight excluding hydrogens is 376 g/mol. The van der Waals surface area contributed by atoms with Crippen molar-refractivity contribution in [1.82, 2.24) is 9.97 Å². The number of fused-ring (bicyclic) bond motifs is 1. The van der Waals surface area contributed by atoms with Crippen LogP contribution in [0.5, 0.6) is 17.2 Å². The molecule has 3 N–H and O–H groups in total. The SMILES string of the molecule is COc1cc(OC)c2c(=O)[nH]c(-c3cc(C)c(OCC(O)CO)c(C)c3)nc2c1. The van der Waals surface area contributed by atoms with Crippen LogP contribution in [0.1, 0.15) is 11.1 Å². The van der Waals surface area contributed by atoms with E-state index >= 15 is 0 Å². The Morgan fingerprint density at radius 3 is 2.38 bits per heavy atom. The summed E-state index contributed by atoms with van der Waals surface area (Å²) >= 11 is 0. The third-order valence-electron chi connectivity index (χ3n) is 4.57. The van der Waals surface area contributed by atoms with E-state index in [1.807, 2.05) is 26.0 Å². The molecule has 0 spiro atoms. The molecule has 1 aromatic heterocycles. The van der Waals surface area contributed by atoms with Gasteiger partial charge in [-0.3, -0.25) is 4.79 Å². The topological polar surface area (TPSA) is 114 Å². The summed E-state index contributed by atoms with van der Waals surface area (Å²) in [5.74, 6) is 1.95. The molecule has 1 unspecified atom stereocenters. The van der Waals surface area contributed by atoms with Gasteiger partial charge in [0, 0.05) is 17.7 Å². The van der Waals surface area contributed by atoms with Crippen LogP contribution in [0, 0.1) is 13.8 Å². The molecule has 3 aromatic rings. The zero-order chi connectivity index (χ0) is 21.1. The van der Waals surface area contributed by atoms with Crippen molar-refractivity contribution in [2.45, 2.75) is 20.0 Å². The van der Waals surface area contributed by atoms with Gasteiger partial charge in [0.15, 0.2) is 0 Å². The largest absolute Gasteiger partial charge is 0.497 e. The van der Waals surface area contributed by atoms with Crippen molar-refractivity contribution in [2.24, 2.45) is 0 Å². The van der Waals surface area contributed by atoms with Crippen LogP contribution in [0.15, 0.2) is 29.1 Å². The Morgan fingerprint density at radius 1 is 1.10 bits per heavy atom. The van der Waals surface area contributed by atoms with Gasteiger partial charge in [-0.2, -0.15) is 0 Å².